The minimum absolute atomic E-state index is 0.00913. The van der Waals surface area contributed by atoms with Gasteiger partial charge in [-0.2, -0.15) is 0 Å². The molecule has 8 aliphatic rings. The lowest BCUT2D eigenvalue weighted by atomic mass is 9.47. The van der Waals surface area contributed by atoms with Gasteiger partial charge in [0.15, 0.2) is 18.9 Å². The highest BCUT2D eigenvalue weighted by molar-refractivity contribution is 5.30. The van der Waals surface area contributed by atoms with E-state index in [1.54, 1.807) is 0 Å². The van der Waals surface area contributed by atoms with Gasteiger partial charge in [0.1, 0.15) is 67.1 Å². The van der Waals surface area contributed by atoms with Crippen LogP contribution < -0.4 is 0 Å². The minimum atomic E-state index is -1.63. The summed E-state index contributed by atoms with van der Waals surface area (Å²) in [6, 6.07) is 0. The third kappa shape index (κ3) is 8.27. The van der Waals surface area contributed by atoms with E-state index in [0.717, 1.165) is 57.1 Å². The molecular weight excluding hydrogens is 808 g/mol. The summed E-state index contributed by atoms with van der Waals surface area (Å²) in [5.41, 5.74) is 2.85. The molecule has 4 aliphatic heterocycles. The van der Waals surface area contributed by atoms with Crippen LogP contribution >= 0.6 is 0 Å². The Labute approximate surface area is 365 Å². The summed E-state index contributed by atoms with van der Waals surface area (Å²) in [5.74, 6) is 3.21. The predicted molar refractivity (Wildman–Crippen MR) is 219 cm³/mol. The molecule has 16 heteroatoms. The molecule has 3 saturated heterocycles. The molecule has 0 aromatic rings. The molecule has 4 aliphatic carbocycles. The van der Waals surface area contributed by atoms with E-state index in [-0.39, 0.29) is 29.0 Å². The van der Waals surface area contributed by atoms with Gasteiger partial charge in [0, 0.05) is 12.3 Å². The fraction of sp³-hybridized carbons (Fsp3) is 0.913. The Hall–Kier alpha value is -1.32. The molecule has 6 fully saturated rings. The average molecular weight is 883 g/mol. The molecule has 0 bridgehead atoms. The van der Waals surface area contributed by atoms with Crippen molar-refractivity contribution in [1.82, 2.24) is 0 Å². The van der Waals surface area contributed by atoms with Crippen molar-refractivity contribution in [2.24, 2.45) is 40.4 Å². The van der Waals surface area contributed by atoms with Crippen molar-refractivity contribution in [2.45, 2.75) is 210 Å². The Morgan fingerprint density at radius 2 is 1.48 bits per heavy atom. The van der Waals surface area contributed by atoms with E-state index in [1.807, 2.05) is 6.92 Å². The van der Waals surface area contributed by atoms with E-state index in [0.29, 0.717) is 43.1 Å². The van der Waals surface area contributed by atoms with E-state index in [2.05, 4.69) is 33.8 Å². The van der Waals surface area contributed by atoms with Gasteiger partial charge < -0.3 is 79.1 Å². The SMILES string of the molecule is CCC1OC(OCC(C)CCC2=C(C)C3C(CC4C5CC=C6CC(OC7OC(CO)C(O)C(O)C7OC7OC(C)C(O)C(O)C7O)CCC6(C)C5CCC43C)O2)C(O)C(O)C1O. The topological polar surface area (TPSA) is 247 Å². The number of aliphatic hydroxyl groups is 9. The number of rotatable bonds is 12. The minimum Gasteiger partial charge on any atom is -0.494 e. The summed E-state index contributed by atoms with van der Waals surface area (Å²) in [6.07, 6.45) is -7.97. The smallest absolute Gasteiger partial charge is 0.187 e. The van der Waals surface area contributed by atoms with Gasteiger partial charge in [0.2, 0.25) is 0 Å². The van der Waals surface area contributed by atoms with Crippen molar-refractivity contribution in [3.05, 3.63) is 23.0 Å². The third-order valence-corrected chi connectivity index (χ3v) is 17.0. The van der Waals surface area contributed by atoms with E-state index < -0.39 is 98.7 Å². The van der Waals surface area contributed by atoms with E-state index >= 15 is 0 Å². The van der Waals surface area contributed by atoms with Crippen molar-refractivity contribution in [1.29, 1.82) is 0 Å². The Kier molecular flexibility index (Phi) is 14.0. The number of ether oxygens (including phenoxy) is 7. The highest BCUT2D eigenvalue weighted by Crippen LogP contribution is 2.69. The lowest BCUT2D eigenvalue weighted by Gasteiger charge is -2.58. The van der Waals surface area contributed by atoms with Crippen LogP contribution in [-0.2, 0) is 33.2 Å². The molecule has 0 amide bonds. The van der Waals surface area contributed by atoms with Crippen LogP contribution in [0.5, 0.6) is 0 Å². The maximum Gasteiger partial charge on any atom is 0.187 e. The first-order valence-corrected chi connectivity index (χ1v) is 23.4. The monoisotopic (exact) mass is 882 g/mol. The van der Waals surface area contributed by atoms with Crippen LogP contribution in [0.2, 0.25) is 0 Å². The van der Waals surface area contributed by atoms with Crippen LogP contribution in [-0.4, -0.2) is 163 Å². The van der Waals surface area contributed by atoms with Crippen LogP contribution in [0.3, 0.4) is 0 Å². The first-order chi connectivity index (χ1) is 29.4. The van der Waals surface area contributed by atoms with Crippen molar-refractivity contribution in [3.63, 3.8) is 0 Å². The van der Waals surface area contributed by atoms with Gasteiger partial charge in [0.25, 0.3) is 0 Å². The van der Waals surface area contributed by atoms with Gasteiger partial charge in [0.05, 0.1) is 37.3 Å². The summed E-state index contributed by atoms with van der Waals surface area (Å²) < 4.78 is 42.7. The molecule has 8 rings (SSSR count). The fourth-order valence-corrected chi connectivity index (χ4v) is 13.2. The van der Waals surface area contributed by atoms with Gasteiger partial charge >= 0.3 is 0 Å². The predicted octanol–water partition coefficient (Wildman–Crippen LogP) is 1.54. The Morgan fingerprint density at radius 1 is 0.790 bits per heavy atom. The molecule has 9 N–H and O–H groups in total. The van der Waals surface area contributed by atoms with E-state index in [1.165, 1.54) is 18.1 Å². The summed E-state index contributed by atoms with van der Waals surface area (Å²) in [6.45, 7) is 12.4. The van der Waals surface area contributed by atoms with Gasteiger partial charge in [-0.05, 0) is 112 Å². The fourth-order valence-electron chi connectivity index (χ4n) is 13.2. The highest BCUT2D eigenvalue weighted by Gasteiger charge is 2.64. The normalized spacial score (nSPS) is 52.0. The van der Waals surface area contributed by atoms with Gasteiger partial charge in [-0.1, -0.05) is 39.3 Å². The van der Waals surface area contributed by atoms with Gasteiger partial charge in [-0.25, -0.2) is 0 Å². The maximum absolute atomic E-state index is 11.2. The lowest BCUT2D eigenvalue weighted by molar-refractivity contribution is -0.369. The summed E-state index contributed by atoms with van der Waals surface area (Å²) in [7, 11) is 0. The van der Waals surface area contributed by atoms with Crippen molar-refractivity contribution in [3.8, 4) is 0 Å². The van der Waals surface area contributed by atoms with Gasteiger partial charge in [-0.3, -0.25) is 0 Å². The van der Waals surface area contributed by atoms with Crippen molar-refractivity contribution in [2.75, 3.05) is 13.2 Å². The van der Waals surface area contributed by atoms with Crippen LogP contribution in [0, 0.1) is 40.4 Å². The molecular formula is C46H74O16. The Balaban J connectivity index is 0.887. The second-order valence-corrected chi connectivity index (χ2v) is 20.7. The van der Waals surface area contributed by atoms with Crippen LogP contribution in [0.1, 0.15) is 106 Å². The molecule has 3 saturated carbocycles. The Bertz CT molecular complexity index is 1630. The molecule has 354 valence electrons. The summed E-state index contributed by atoms with van der Waals surface area (Å²) in [4.78, 5) is 0. The molecule has 24 unspecified atom stereocenters. The molecule has 62 heavy (non-hydrogen) atoms. The zero-order valence-corrected chi connectivity index (χ0v) is 37.1. The molecule has 0 aromatic heterocycles. The number of fused-ring (bicyclic) bond motifs is 7. The number of aliphatic hydroxyl groups excluding tert-OH is 9. The van der Waals surface area contributed by atoms with Crippen molar-refractivity contribution < 1.29 is 79.1 Å². The first-order valence-electron chi connectivity index (χ1n) is 23.4. The lowest BCUT2D eigenvalue weighted by Crippen LogP contribution is -2.64. The Morgan fingerprint density at radius 3 is 2.21 bits per heavy atom. The largest absolute Gasteiger partial charge is 0.494 e. The third-order valence-electron chi connectivity index (χ3n) is 17.0. The molecule has 0 aromatic carbocycles. The van der Waals surface area contributed by atoms with Crippen molar-refractivity contribution >= 4 is 0 Å². The second kappa shape index (κ2) is 18.4. The first kappa shape index (κ1) is 47.2. The summed E-state index contributed by atoms with van der Waals surface area (Å²) in [5, 5.41) is 94.1. The number of hydrogen-bond acceptors (Lipinski definition) is 16. The second-order valence-electron chi connectivity index (χ2n) is 20.7. The average Bonchev–Trinajstić information content (AvgIpc) is 3.74. The quantitative estimate of drug-likeness (QED) is 0.126. The van der Waals surface area contributed by atoms with Crippen LogP contribution in [0.15, 0.2) is 23.0 Å². The summed E-state index contributed by atoms with van der Waals surface area (Å²) >= 11 is 0. The number of hydrogen-bond donors (Lipinski definition) is 9. The maximum atomic E-state index is 11.2. The standard InChI is InChI=1S/C46H74O16/c1-7-28-34(49)37(52)39(54)42(60-28)56-19-20(2)8-11-29-21(3)32-30(59-29)17-27-25-10-9-23-16-24(12-14-45(23,5)26(25)13-15-46(27,32)6)58-44-41(38(53)35(50)31(18-47)61-44)62-43-40(55)36(51)33(48)22(4)57-43/h9,20,22,24-28,30-44,47-55H,7-8,10-19H2,1-6H3. The molecule has 0 radical (unpaired) electrons. The molecule has 16 nitrogen and oxygen atoms in total. The van der Waals surface area contributed by atoms with Crippen LogP contribution in [0.4, 0.5) is 0 Å². The van der Waals surface area contributed by atoms with Gasteiger partial charge in [-0.15, -0.1) is 0 Å². The van der Waals surface area contributed by atoms with E-state index in [9.17, 15) is 46.0 Å². The highest BCUT2D eigenvalue weighted by atomic mass is 16.8. The molecule has 4 heterocycles. The number of allylic oxidation sites excluding steroid dienone is 2. The zero-order valence-electron chi connectivity index (χ0n) is 37.1. The van der Waals surface area contributed by atoms with Crippen LogP contribution in [0.25, 0.3) is 0 Å². The zero-order chi connectivity index (χ0) is 44.6. The molecule has 24 atom stereocenters. The van der Waals surface area contributed by atoms with E-state index in [4.69, 9.17) is 33.2 Å². The molecule has 0 spiro atoms.